The highest BCUT2D eigenvalue weighted by molar-refractivity contribution is 5.31. The third-order valence-electron chi connectivity index (χ3n) is 2.39. The lowest BCUT2D eigenvalue weighted by Crippen LogP contribution is -2.10. The first-order chi connectivity index (χ1) is 6.48. The number of hydrogen-bond donors (Lipinski definition) is 1. The van der Waals surface area contributed by atoms with Crippen molar-refractivity contribution in [2.24, 2.45) is 5.73 Å². The number of aryl methyl sites for hydroxylation is 1. The van der Waals surface area contributed by atoms with E-state index in [4.69, 9.17) is 5.73 Å². The standard InChI is InChI=1S/C9H9F3N2/c10-9(11,12)8-4-1-5-6(13)2-3-7(5)14-8/h1,4,6H,2-3,13H2. The molecular weight excluding hydrogens is 193 g/mol. The smallest absolute Gasteiger partial charge is 0.324 e. The van der Waals surface area contributed by atoms with E-state index in [1.165, 1.54) is 6.07 Å². The zero-order valence-electron chi connectivity index (χ0n) is 7.30. The molecule has 0 aromatic carbocycles. The molecule has 0 saturated heterocycles. The number of aromatic nitrogens is 1. The van der Waals surface area contributed by atoms with E-state index < -0.39 is 11.9 Å². The molecule has 0 saturated carbocycles. The highest BCUT2D eigenvalue weighted by Gasteiger charge is 2.34. The molecule has 1 aromatic heterocycles. The molecule has 76 valence electrons. The van der Waals surface area contributed by atoms with Crippen molar-refractivity contribution in [1.29, 1.82) is 0 Å². The monoisotopic (exact) mass is 202 g/mol. The van der Waals surface area contributed by atoms with Crippen LogP contribution in [0.1, 0.15) is 29.4 Å². The summed E-state index contributed by atoms with van der Waals surface area (Å²) in [6.45, 7) is 0. The number of fused-ring (bicyclic) bond motifs is 1. The molecule has 1 aromatic rings. The summed E-state index contributed by atoms with van der Waals surface area (Å²) in [5, 5.41) is 0. The second kappa shape index (κ2) is 2.95. The molecule has 14 heavy (non-hydrogen) atoms. The Kier molecular flexibility index (Phi) is 1.99. The van der Waals surface area contributed by atoms with Crippen LogP contribution < -0.4 is 5.73 Å². The molecule has 0 aliphatic heterocycles. The van der Waals surface area contributed by atoms with Crippen LogP contribution in [0.15, 0.2) is 12.1 Å². The lowest BCUT2D eigenvalue weighted by Gasteiger charge is -2.08. The van der Waals surface area contributed by atoms with Gasteiger partial charge in [0.2, 0.25) is 0 Å². The van der Waals surface area contributed by atoms with Crippen molar-refractivity contribution in [3.63, 3.8) is 0 Å². The van der Waals surface area contributed by atoms with Gasteiger partial charge in [0.05, 0.1) is 0 Å². The lowest BCUT2D eigenvalue weighted by atomic mass is 10.1. The van der Waals surface area contributed by atoms with Gasteiger partial charge < -0.3 is 5.73 Å². The molecule has 1 heterocycles. The largest absolute Gasteiger partial charge is 0.433 e. The molecule has 1 aliphatic carbocycles. The maximum absolute atomic E-state index is 12.3. The Labute approximate surface area is 78.9 Å². The Bertz CT molecular complexity index is 360. The maximum Gasteiger partial charge on any atom is 0.433 e. The zero-order valence-corrected chi connectivity index (χ0v) is 7.30. The van der Waals surface area contributed by atoms with Gasteiger partial charge in [-0.3, -0.25) is 0 Å². The highest BCUT2D eigenvalue weighted by atomic mass is 19.4. The van der Waals surface area contributed by atoms with Gasteiger partial charge in [-0.1, -0.05) is 6.07 Å². The van der Waals surface area contributed by atoms with Crippen molar-refractivity contribution in [2.45, 2.75) is 25.1 Å². The normalized spacial score (nSPS) is 21.0. The van der Waals surface area contributed by atoms with Gasteiger partial charge in [-0.25, -0.2) is 4.98 Å². The Balaban J connectivity index is 2.42. The molecule has 2 rings (SSSR count). The van der Waals surface area contributed by atoms with Crippen LogP contribution in [0.25, 0.3) is 0 Å². The number of nitrogens with zero attached hydrogens (tertiary/aromatic N) is 1. The average Bonchev–Trinajstić information content (AvgIpc) is 2.46. The van der Waals surface area contributed by atoms with Crippen LogP contribution in [0.4, 0.5) is 13.2 Å². The minimum atomic E-state index is -4.36. The van der Waals surface area contributed by atoms with Crippen molar-refractivity contribution < 1.29 is 13.2 Å². The minimum Gasteiger partial charge on any atom is -0.324 e. The van der Waals surface area contributed by atoms with E-state index in [-0.39, 0.29) is 6.04 Å². The summed E-state index contributed by atoms with van der Waals surface area (Å²) < 4.78 is 36.8. The van der Waals surface area contributed by atoms with Gasteiger partial charge >= 0.3 is 6.18 Å². The van der Waals surface area contributed by atoms with Gasteiger partial charge in [0.25, 0.3) is 0 Å². The maximum atomic E-state index is 12.3. The number of nitrogens with two attached hydrogens (primary N) is 1. The molecule has 2 nitrogen and oxygen atoms in total. The predicted molar refractivity (Wildman–Crippen MR) is 44.5 cm³/mol. The van der Waals surface area contributed by atoms with Crippen LogP contribution in [0.5, 0.6) is 0 Å². The Morgan fingerprint density at radius 1 is 1.36 bits per heavy atom. The van der Waals surface area contributed by atoms with Crippen molar-refractivity contribution in [1.82, 2.24) is 4.98 Å². The highest BCUT2D eigenvalue weighted by Crippen LogP contribution is 2.33. The third kappa shape index (κ3) is 1.48. The van der Waals surface area contributed by atoms with Gasteiger partial charge in [0.15, 0.2) is 0 Å². The third-order valence-corrected chi connectivity index (χ3v) is 2.39. The summed E-state index contributed by atoms with van der Waals surface area (Å²) in [6.07, 6.45) is -3.13. The quantitative estimate of drug-likeness (QED) is 0.699. The molecule has 0 bridgehead atoms. The predicted octanol–water partition coefficient (Wildman–Crippen LogP) is 2.05. The number of hydrogen-bond acceptors (Lipinski definition) is 2. The van der Waals surface area contributed by atoms with Gasteiger partial charge in [0, 0.05) is 11.7 Å². The molecule has 0 radical (unpaired) electrons. The molecule has 0 fully saturated rings. The van der Waals surface area contributed by atoms with Crippen molar-refractivity contribution in [3.05, 3.63) is 29.1 Å². The van der Waals surface area contributed by atoms with Crippen LogP contribution in [0.3, 0.4) is 0 Å². The van der Waals surface area contributed by atoms with Gasteiger partial charge in [0.1, 0.15) is 5.69 Å². The second-order valence-electron chi connectivity index (χ2n) is 3.38. The topological polar surface area (TPSA) is 38.9 Å². The molecule has 0 spiro atoms. The summed E-state index contributed by atoms with van der Waals surface area (Å²) >= 11 is 0. The average molecular weight is 202 g/mol. The van der Waals surface area contributed by atoms with E-state index in [0.29, 0.717) is 18.5 Å². The molecule has 1 atom stereocenters. The van der Waals surface area contributed by atoms with E-state index in [9.17, 15) is 13.2 Å². The van der Waals surface area contributed by atoms with E-state index in [1.807, 2.05) is 0 Å². The van der Waals surface area contributed by atoms with E-state index in [0.717, 1.165) is 11.6 Å². The Morgan fingerprint density at radius 2 is 2.07 bits per heavy atom. The second-order valence-corrected chi connectivity index (χ2v) is 3.38. The fourth-order valence-corrected chi connectivity index (χ4v) is 1.66. The van der Waals surface area contributed by atoms with Crippen LogP contribution in [0.2, 0.25) is 0 Å². The summed E-state index contributed by atoms with van der Waals surface area (Å²) in [5.74, 6) is 0. The van der Waals surface area contributed by atoms with Crippen LogP contribution in [-0.4, -0.2) is 4.98 Å². The fraction of sp³-hybridized carbons (Fsp3) is 0.444. The summed E-state index contributed by atoms with van der Waals surface area (Å²) in [6, 6.07) is 2.27. The first-order valence-corrected chi connectivity index (χ1v) is 4.31. The van der Waals surface area contributed by atoms with Crippen molar-refractivity contribution >= 4 is 0 Å². The molecule has 2 N–H and O–H groups in total. The summed E-state index contributed by atoms with van der Waals surface area (Å²) in [7, 11) is 0. The zero-order chi connectivity index (χ0) is 10.3. The molecule has 0 amide bonds. The molecular formula is C9H9F3N2. The van der Waals surface area contributed by atoms with Crippen LogP contribution in [-0.2, 0) is 12.6 Å². The lowest BCUT2D eigenvalue weighted by molar-refractivity contribution is -0.141. The van der Waals surface area contributed by atoms with E-state index in [1.54, 1.807) is 0 Å². The SMILES string of the molecule is NC1CCc2nc(C(F)(F)F)ccc21. The van der Waals surface area contributed by atoms with Crippen molar-refractivity contribution in [3.8, 4) is 0 Å². The number of rotatable bonds is 0. The number of alkyl halides is 3. The fourth-order valence-electron chi connectivity index (χ4n) is 1.66. The molecule has 5 heteroatoms. The molecule has 1 aliphatic rings. The first-order valence-electron chi connectivity index (χ1n) is 4.31. The van der Waals surface area contributed by atoms with Gasteiger partial charge in [-0.15, -0.1) is 0 Å². The minimum absolute atomic E-state index is 0.153. The summed E-state index contributed by atoms with van der Waals surface area (Å²) in [5.41, 5.74) is 6.10. The Hall–Kier alpha value is -1.10. The van der Waals surface area contributed by atoms with Crippen molar-refractivity contribution in [2.75, 3.05) is 0 Å². The van der Waals surface area contributed by atoms with Crippen LogP contribution >= 0.6 is 0 Å². The number of pyridine rings is 1. The molecule has 1 unspecified atom stereocenters. The number of halogens is 3. The van der Waals surface area contributed by atoms with Gasteiger partial charge in [-0.2, -0.15) is 13.2 Å². The van der Waals surface area contributed by atoms with E-state index in [2.05, 4.69) is 4.98 Å². The van der Waals surface area contributed by atoms with Crippen LogP contribution in [0, 0.1) is 0 Å². The first kappa shape index (κ1) is 9.45. The van der Waals surface area contributed by atoms with E-state index >= 15 is 0 Å². The van der Waals surface area contributed by atoms with Gasteiger partial charge in [-0.05, 0) is 24.5 Å². The Morgan fingerprint density at radius 3 is 2.71 bits per heavy atom. The summed E-state index contributed by atoms with van der Waals surface area (Å²) in [4.78, 5) is 3.57.